The standard InChI is InChI=1S/C19H29N/c1-3-14-6-4-9-17(12-14)19(20-2)18-11-10-15-7-5-8-16(15)13-18/h10-11,13-14,17,19-20H,3-9,12H2,1-2H3. The predicted octanol–water partition coefficient (Wildman–Crippen LogP) is 4.65. The lowest BCUT2D eigenvalue weighted by molar-refractivity contribution is 0.214. The number of nitrogens with one attached hydrogen (secondary N) is 1. The van der Waals surface area contributed by atoms with Gasteiger partial charge in [-0.25, -0.2) is 0 Å². The van der Waals surface area contributed by atoms with Gasteiger partial charge >= 0.3 is 0 Å². The van der Waals surface area contributed by atoms with Crippen molar-refractivity contribution in [2.75, 3.05) is 7.05 Å². The van der Waals surface area contributed by atoms with Crippen molar-refractivity contribution in [3.63, 3.8) is 0 Å². The van der Waals surface area contributed by atoms with E-state index in [2.05, 4.69) is 37.5 Å². The van der Waals surface area contributed by atoms with Gasteiger partial charge in [0.15, 0.2) is 0 Å². The van der Waals surface area contributed by atoms with E-state index in [-0.39, 0.29) is 0 Å². The molecule has 3 atom stereocenters. The van der Waals surface area contributed by atoms with Gasteiger partial charge in [0.25, 0.3) is 0 Å². The van der Waals surface area contributed by atoms with Crippen molar-refractivity contribution < 1.29 is 0 Å². The number of hydrogen-bond donors (Lipinski definition) is 1. The number of hydrogen-bond acceptors (Lipinski definition) is 1. The third-order valence-electron chi connectivity index (χ3n) is 5.66. The molecule has 1 fully saturated rings. The van der Waals surface area contributed by atoms with Crippen molar-refractivity contribution in [3.8, 4) is 0 Å². The number of benzene rings is 1. The molecule has 3 rings (SSSR count). The molecule has 0 heterocycles. The summed E-state index contributed by atoms with van der Waals surface area (Å²) in [6.07, 6.45) is 11.0. The van der Waals surface area contributed by atoms with Gasteiger partial charge in [-0.3, -0.25) is 0 Å². The minimum Gasteiger partial charge on any atom is -0.313 e. The Balaban J connectivity index is 1.78. The molecule has 1 heteroatoms. The second-order valence-corrected chi connectivity index (χ2v) is 6.85. The van der Waals surface area contributed by atoms with Crippen molar-refractivity contribution in [2.24, 2.45) is 11.8 Å². The zero-order valence-electron chi connectivity index (χ0n) is 13.1. The fraction of sp³-hybridized carbons (Fsp3) is 0.684. The van der Waals surface area contributed by atoms with Gasteiger partial charge in [0.05, 0.1) is 0 Å². The summed E-state index contributed by atoms with van der Waals surface area (Å²) >= 11 is 0. The SMILES string of the molecule is CCC1CCCC(C(NC)c2ccc3c(c2)CCC3)C1. The topological polar surface area (TPSA) is 12.0 Å². The Morgan fingerprint density at radius 1 is 1.15 bits per heavy atom. The lowest BCUT2D eigenvalue weighted by atomic mass is 9.75. The van der Waals surface area contributed by atoms with Crippen LogP contribution < -0.4 is 5.32 Å². The van der Waals surface area contributed by atoms with Crippen molar-refractivity contribution in [2.45, 2.75) is 64.3 Å². The van der Waals surface area contributed by atoms with E-state index in [0.717, 1.165) is 11.8 Å². The van der Waals surface area contributed by atoms with Gasteiger partial charge in [0.1, 0.15) is 0 Å². The van der Waals surface area contributed by atoms with Gasteiger partial charge in [-0.05, 0) is 67.7 Å². The Hall–Kier alpha value is -0.820. The average molecular weight is 271 g/mol. The molecule has 3 unspecified atom stereocenters. The number of fused-ring (bicyclic) bond motifs is 1. The Morgan fingerprint density at radius 2 is 2.00 bits per heavy atom. The third kappa shape index (κ3) is 2.79. The van der Waals surface area contributed by atoms with E-state index in [1.807, 2.05) is 0 Å². The van der Waals surface area contributed by atoms with Crippen LogP contribution in [0.3, 0.4) is 0 Å². The molecule has 0 radical (unpaired) electrons. The zero-order chi connectivity index (χ0) is 13.9. The highest BCUT2D eigenvalue weighted by Gasteiger charge is 2.28. The first-order valence-electron chi connectivity index (χ1n) is 8.60. The summed E-state index contributed by atoms with van der Waals surface area (Å²) in [6, 6.07) is 7.84. The smallest absolute Gasteiger partial charge is 0.0346 e. The van der Waals surface area contributed by atoms with Crippen molar-refractivity contribution >= 4 is 0 Å². The van der Waals surface area contributed by atoms with Gasteiger partial charge in [-0.15, -0.1) is 0 Å². The van der Waals surface area contributed by atoms with Crippen LogP contribution in [0.2, 0.25) is 0 Å². The first-order chi connectivity index (χ1) is 9.81. The monoisotopic (exact) mass is 271 g/mol. The molecule has 0 aliphatic heterocycles. The number of rotatable bonds is 4. The van der Waals surface area contributed by atoms with Crippen LogP contribution >= 0.6 is 0 Å². The van der Waals surface area contributed by atoms with Gasteiger partial charge in [0.2, 0.25) is 0 Å². The fourth-order valence-electron chi connectivity index (χ4n) is 4.47. The summed E-state index contributed by atoms with van der Waals surface area (Å²) in [5.74, 6) is 1.79. The highest BCUT2D eigenvalue weighted by Crippen LogP contribution is 2.39. The first-order valence-corrected chi connectivity index (χ1v) is 8.60. The molecule has 0 aromatic heterocycles. The fourth-order valence-corrected chi connectivity index (χ4v) is 4.47. The Labute approximate surface area is 124 Å². The summed E-state index contributed by atoms with van der Waals surface area (Å²) in [5, 5.41) is 3.62. The summed E-state index contributed by atoms with van der Waals surface area (Å²) < 4.78 is 0. The molecule has 110 valence electrons. The second kappa shape index (κ2) is 6.30. The lowest BCUT2D eigenvalue weighted by Crippen LogP contribution is -2.29. The van der Waals surface area contributed by atoms with Crippen LogP contribution in [0.1, 0.15) is 68.2 Å². The zero-order valence-corrected chi connectivity index (χ0v) is 13.1. The normalized spacial score (nSPS) is 27.3. The molecule has 1 N–H and O–H groups in total. The first kappa shape index (κ1) is 14.1. The largest absolute Gasteiger partial charge is 0.313 e. The minimum absolute atomic E-state index is 0.565. The average Bonchev–Trinajstić information content (AvgIpc) is 2.96. The van der Waals surface area contributed by atoms with Crippen molar-refractivity contribution in [1.82, 2.24) is 5.32 Å². The van der Waals surface area contributed by atoms with E-state index in [1.165, 1.54) is 56.9 Å². The van der Waals surface area contributed by atoms with Crippen molar-refractivity contribution in [3.05, 3.63) is 34.9 Å². The van der Waals surface area contributed by atoms with Crippen LogP contribution in [0.25, 0.3) is 0 Å². The molecule has 20 heavy (non-hydrogen) atoms. The predicted molar refractivity (Wildman–Crippen MR) is 86.0 cm³/mol. The Morgan fingerprint density at radius 3 is 2.80 bits per heavy atom. The number of aryl methyl sites for hydroxylation is 2. The second-order valence-electron chi connectivity index (χ2n) is 6.85. The maximum atomic E-state index is 3.62. The summed E-state index contributed by atoms with van der Waals surface area (Å²) in [7, 11) is 2.15. The Kier molecular flexibility index (Phi) is 4.45. The quantitative estimate of drug-likeness (QED) is 0.840. The molecule has 2 aliphatic rings. The van der Waals surface area contributed by atoms with Crippen LogP contribution in [0.4, 0.5) is 0 Å². The molecule has 1 aromatic carbocycles. The van der Waals surface area contributed by atoms with E-state index in [4.69, 9.17) is 0 Å². The molecule has 1 nitrogen and oxygen atoms in total. The van der Waals surface area contributed by atoms with E-state index in [0.29, 0.717) is 6.04 Å². The third-order valence-corrected chi connectivity index (χ3v) is 5.66. The maximum absolute atomic E-state index is 3.62. The molecule has 1 saturated carbocycles. The van der Waals surface area contributed by atoms with Gasteiger partial charge < -0.3 is 5.32 Å². The minimum atomic E-state index is 0.565. The van der Waals surface area contributed by atoms with Gasteiger partial charge in [-0.2, -0.15) is 0 Å². The highest BCUT2D eigenvalue weighted by molar-refractivity contribution is 5.36. The molecule has 2 aliphatic carbocycles. The van der Waals surface area contributed by atoms with E-state index in [9.17, 15) is 0 Å². The molecule has 0 saturated heterocycles. The van der Waals surface area contributed by atoms with Crippen LogP contribution in [-0.2, 0) is 12.8 Å². The van der Waals surface area contributed by atoms with Crippen LogP contribution in [0, 0.1) is 11.8 Å². The van der Waals surface area contributed by atoms with E-state index in [1.54, 1.807) is 11.1 Å². The van der Waals surface area contributed by atoms with Crippen LogP contribution in [0.5, 0.6) is 0 Å². The summed E-state index contributed by atoms with van der Waals surface area (Å²) in [5.41, 5.74) is 4.75. The van der Waals surface area contributed by atoms with E-state index < -0.39 is 0 Å². The molecular formula is C19H29N. The van der Waals surface area contributed by atoms with E-state index >= 15 is 0 Å². The summed E-state index contributed by atoms with van der Waals surface area (Å²) in [4.78, 5) is 0. The summed E-state index contributed by atoms with van der Waals surface area (Å²) in [6.45, 7) is 2.36. The van der Waals surface area contributed by atoms with Crippen LogP contribution in [0.15, 0.2) is 18.2 Å². The highest BCUT2D eigenvalue weighted by atomic mass is 14.9. The maximum Gasteiger partial charge on any atom is 0.0346 e. The molecule has 0 spiro atoms. The molecule has 1 aromatic rings. The van der Waals surface area contributed by atoms with Gasteiger partial charge in [0, 0.05) is 6.04 Å². The lowest BCUT2D eigenvalue weighted by Gasteiger charge is -2.34. The van der Waals surface area contributed by atoms with Gasteiger partial charge in [-0.1, -0.05) is 44.4 Å². The van der Waals surface area contributed by atoms with Crippen molar-refractivity contribution in [1.29, 1.82) is 0 Å². The molecule has 0 amide bonds. The van der Waals surface area contributed by atoms with Crippen LogP contribution in [-0.4, -0.2) is 7.05 Å². The Bertz CT molecular complexity index is 451. The molecular weight excluding hydrogens is 242 g/mol. The molecule has 0 bridgehead atoms.